The average molecular weight is 342 g/mol. The summed E-state index contributed by atoms with van der Waals surface area (Å²) in [5.41, 5.74) is 1.13. The molecule has 0 aromatic heterocycles. The van der Waals surface area contributed by atoms with Gasteiger partial charge in [-0.25, -0.2) is 0 Å². The van der Waals surface area contributed by atoms with E-state index in [9.17, 15) is 22.0 Å². The molecule has 8 heteroatoms. The van der Waals surface area contributed by atoms with E-state index in [0.29, 0.717) is 29.2 Å². The van der Waals surface area contributed by atoms with E-state index < -0.39 is 18.7 Å². The summed E-state index contributed by atoms with van der Waals surface area (Å²) in [5.74, 6) is -4.95. The van der Waals surface area contributed by atoms with Crippen molar-refractivity contribution in [2.75, 3.05) is 18.1 Å². The number of ether oxygens (including phenoxy) is 1. The Labute approximate surface area is 129 Å². The lowest BCUT2D eigenvalue weighted by Crippen LogP contribution is -2.41. The standard InChI is InChI=1S/C14H13ClF5NO/c1-9-3-2-4-11(12(9)21-6-5-10(15)7-21)22-8-13(16,17)14(18,19)20/h2-4,7H,5-6,8H2,1H3. The normalized spacial score (nSPS) is 16.0. The van der Waals surface area contributed by atoms with Crippen LogP contribution in [0.2, 0.25) is 0 Å². The molecule has 122 valence electrons. The highest BCUT2D eigenvalue weighted by Gasteiger charge is 2.58. The molecule has 0 fully saturated rings. The maximum Gasteiger partial charge on any atom is 0.456 e. The van der Waals surface area contributed by atoms with Crippen LogP contribution in [0.1, 0.15) is 12.0 Å². The summed E-state index contributed by atoms with van der Waals surface area (Å²) in [5, 5.41) is 0.579. The van der Waals surface area contributed by atoms with Gasteiger partial charge in [-0.2, -0.15) is 22.0 Å². The van der Waals surface area contributed by atoms with E-state index >= 15 is 0 Å². The molecule has 0 unspecified atom stereocenters. The molecule has 1 heterocycles. The van der Waals surface area contributed by atoms with Gasteiger partial charge in [0.05, 0.1) is 5.69 Å². The minimum absolute atomic E-state index is 0.0356. The van der Waals surface area contributed by atoms with Gasteiger partial charge in [0.1, 0.15) is 5.75 Å². The molecule has 1 aromatic carbocycles. The Hall–Kier alpha value is -1.50. The third-order valence-electron chi connectivity index (χ3n) is 3.20. The van der Waals surface area contributed by atoms with Gasteiger partial charge in [0, 0.05) is 24.2 Å². The van der Waals surface area contributed by atoms with Crippen LogP contribution in [0.4, 0.5) is 27.6 Å². The summed E-state index contributed by atoms with van der Waals surface area (Å²) in [6.07, 6.45) is -3.46. The zero-order valence-corrected chi connectivity index (χ0v) is 12.3. The fraction of sp³-hybridized carbons (Fsp3) is 0.429. The van der Waals surface area contributed by atoms with E-state index in [1.165, 1.54) is 12.1 Å². The van der Waals surface area contributed by atoms with Crippen molar-refractivity contribution in [2.45, 2.75) is 25.4 Å². The van der Waals surface area contributed by atoms with Crippen LogP contribution in [0.3, 0.4) is 0 Å². The third-order valence-corrected chi connectivity index (χ3v) is 3.49. The lowest BCUT2D eigenvalue weighted by Gasteiger charge is -2.24. The van der Waals surface area contributed by atoms with Crippen molar-refractivity contribution in [1.29, 1.82) is 0 Å². The van der Waals surface area contributed by atoms with Gasteiger partial charge in [-0.15, -0.1) is 0 Å². The summed E-state index contributed by atoms with van der Waals surface area (Å²) in [6.45, 7) is 0.456. The van der Waals surface area contributed by atoms with Crippen molar-refractivity contribution in [3.8, 4) is 5.75 Å². The second-order valence-corrected chi connectivity index (χ2v) is 5.42. The smallest absolute Gasteiger partial charge is 0.456 e. The van der Waals surface area contributed by atoms with Crippen LogP contribution >= 0.6 is 11.6 Å². The first-order chi connectivity index (χ1) is 10.1. The molecule has 22 heavy (non-hydrogen) atoms. The molecular weight excluding hydrogens is 329 g/mol. The van der Waals surface area contributed by atoms with E-state index in [-0.39, 0.29) is 5.75 Å². The second kappa shape index (κ2) is 5.95. The average Bonchev–Trinajstić information content (AvgIpc) is 2.81. The van der Waals surface area contributed by atoms with E-state index in [2.05, 4.69) is 0 Å². The molecule has 0 spiro atoms. The van der Waals surface area contributed by atoms with Crippen LogP contribution in [-0.4, -0.2) is 25.3 Å². The first kappa shape index (κ1) is 16.9. The first-order valence-corrected chi connectivity index (χ1v) is 6.79. The number of hydrogen-bond donors (Lipinski definition) is 0. The molecule has 0 amide bonds. The largest absolute Gasteiger partial charge is 0.485 e. The fourth-order valence-electron chi connectivity index (χ4n) is 2.07. The molecule has 0 aliphatic carbocycles. The van der Waals surface area contributed by atoms with Crippen molar-refractivity contribution in [3.63, 3.8) is 0 Å². The minimum atomic E-state index is -5.64. The van der Waals surface area contributed by atoms with Crippen molar-refractivity contribution in [1.82, 2.24) is 0 Å². The summed E-state index contributed by atoms with van der Waals surface area (Å²) in [4.78, 5) is 1.68. The van der Waals surface area contributed by atoms with Gasteiger partial charge in [0.25, 0.3) is 0 Å². The molecule has 1 aliphatic heterocycles. The van der Waals surface area contributed by atoms with Gasteiger partial charge < -0.3 is 9.64 Å². The maximum absolute atomic E-state index is 13.0. The number of alkyl halides is 5. The van der Waals surface area contributed by atoms with Crippen molar-refractivity contribution < 1.29 is 26.7 Å². The number of halogens is 6. The molecule has 1 aromatic rings. The summed E-state index contributed by atoms with van der Waals surface area (Å²) < 4.78 is 67.4. The van der Waals surface area contributed by atoms with E-state index in [1.807, 2.05) is 0 Å². The molecule has 0 saturated heterocycles. The molecule has 2 nitrogen and oxygen atoms in total. The topological polar surface area (TPSA) is 12.5 Å². The number of aryl methyl sites for hydroxylation is 1. The quantitative estimate of drug-likeness (QED) is 0.725. The van der Waals surface area contributed by atoms with Gasteiger partial charge in [-0.05, 0) is 18.6 Å². The van der Waals surface area contributed by atoms with Crippen LogP contribution in [0, 0.1) is 6.92 Å². The highest BCUT2D eigenvalue weighted by Crippen LogP contribution is 2.39. The van der Waals surface area contributed by atoms with Gasteiger partial charge in [-0.1, -0.05) is 23.7 Å². The van der Waals surface area contributed by atoms with Crippen LogP contribution < -0.4 is 9.64 Å². The number of anilines is 1. The highest BCUT2D eigenvalue weighted by atomic mass is 35.5. The molecule has 0 atom stereocenters. The van der Waals surface area contributed by atoms with Crippen LogP contribution in [-0.2, 0) is 0 Å². The van der Waals surface area contributed by atoms with Crippen molar-refractivity contribution in [2.24, 2.45) is 0 Å². The van der Waals surface area contributed by atoms with Gasteiger partial charge in [-0.3, -0.25) is 0 Å². The predicted octanol–water partition coefficient (Wildman–Crippen LogP) is 4.86. The SMILES string of the molecule is Cc1cccc(OCC(F)(F)C(F)(F)F)c1N1C=C(Cl)CC1. The summed E-state index contributed by atoms with van der Waals surface area (Å²) in [7, 11) is 0. The Morgan fingerprint density at radius 3 is 2.45 bits per heavy atom. The number of para-hydroxylation sites is 1. The first-order valence-electron chi connectivity index (χ1n) is 6.41. The Bertz CT molecular complexity index is 585. The van der Waals surface area contributed by atoms with Gasteiger partial charge >= 0.3 is 12.1 Å². The number of rotatable bonds is 4. The molecule has 0 bridgehead atoms. The summed E-state index contributed by atoms with van der Waals surface area (Å²) in [6, 6.07) is 4.60. The van der Waals surface area contributed by atoms with E-state index in [4.69, 9.17) is 16.3 Å². The van der Waals surface area contributed by atoms with E-state index in [1.54, 1.807) is 24.1 Å². The van der Waals surface area contributed by atoms with Crippen molar-refractivity contribution in [3.05, 3.63) is 35.0 Å². The molecular formula is C14H13ClF5NO. The number of benzene rings is 1. The molecule has 1 aliphatic rings. The zero-order chi connectivity index (χ0) is 16.5. The van der Waals surface area contributed by atoms with Crippen molar-refractivity contribution >= 4 is 17.3 Å². The lowest BCUT2D eigenvalue weighted by atomic mass is 10.1. The monoisotopic (exact) mass is 341 g/mol. The van der Waals surface area contributed by atoms with Crippen LogP contribution in [0.25, 0.3) is 0 Å². The van der Waals surface area contributed by atoms with Crippen LogP contribution in [0.5, 0.6) is 5.75 Å². The number of hydrogen-bond acceptors (Lipinski definition) is 2. The minimum Gasteiger partial charge on any atom is -0.485 e. The molecule has 0 radical (unpaired) electrons. The summed E-state index contributed by atoms with van der Waals surface area (Å²) >= 11 is 5.88. The maximum atomic E-state index is 13.0. The lowest BCUT2D eigenvalue weighted by molar-refractivity contribution is -0.289. The second-order valence-electron chi connectivity index (χ2n) is 4.93. The number of nitrogens with zero attached hydrogens (tertiary/aromatic N) is 1. The Kier molecular flexibility index (Phi) is 4.56. The van der Waals surface area contributed by atoms with Gasteiger partial charge in [0.2, 0.25) is 0 Å². The Morgan fingerprint density at radius 1 is 1.23 bits per heavy atom. The highest BCUT2D eigenvalue weighted by molar-refractivity contribution is 6.30. The predicted molar refractivity (Wildman–Crippen MR) is 73.6 cm³/mol. The fourth-order valence-corrected chi connectivity index (χ4v) is 2.27. The van der Waals surface area contributed by atoms with Gasteiger partial charge in [0.15, 0.2) is 6.61 Å². The Morgan fingerprint density at radius 2 is 1.91 bits per heavy atom. The molecule has 0 saturated carbocycles. The van der Waals surface area contributed by atoms with E-state index in [0.717, 1.165) is 0 Å². The molecule has 2 rings (SSSR count). The third kappa shape index (κ3) is 3.45. The zero-order valence-electron chi connectivity index (χ0n) is 11.6. The molecule has 0 N–H and O–H groups in total. The van der Waals surface area contributed by atoms with Crippen LogP contribution in [0.15, 0.2) is 29.4 Å². The Balaban J connectivity index is 2.24.